The number of nitrogens with zero attached hydrogens (tertiary/aromatic N) is 3. The summed E-state index contributed by atoms with van der Waals surface area (Å²) in [5.41, 5.74) is 1.90. The van der Waals surface area contributed by atoms with Crippen molar-refractivity contribution in [1.82, 2.24) is 14.8 Å². The molecule has 3 heteroatoms. The van der Waals surface area contributed by atoms with Gasteiger partial charge in [0.15, 0.2) is 5.65 Å². The maximum atomic E-state index is 4.05. The zero-order valence-electron chi connectivity index (χ0n) is 6.57. The van der Waals surface area contributed by atoms with Crippen molar-refractivity contribution >= 4 is 11.0 Å². The summed E-state index contributed by atoms with van der Waals surface area (Å²) in [7, 11) is 1.96. The fourth-order valence-electron chi connectivity index (χ4n) is 1.16. The van der Waals surface area contributed by atoms with Crippen LogP contribution < -0.4 is 0 Å². The van der Waals surface area contributed by atoms with Crippen molar-refractivity contribution < 1.29 is 0 Å². The predicted octanol–water partition coefficient (Wildman–Crippen LogP) is 1.28. The van der Waals surface area contributed by atoms with Crippen LogP contribution >= 0.6 is 0 Å². The highest BCUT2D eigenvalue weighted by Gasteiger charge is 1.98. The molecular formula is C8H9N3. The molecule has 0 saturated heterocycles. The first-order valence-electron chi connectivity index (χ1n) is 3.53. The molecule has 0 bridgehead atoms. The monoisotopic (exact) mass is 147 g/mol. The van der Waals surface area contributed by atoms with Crippen molar-refractivity contribution in [2.75, 3.05) is 0 Å². The summed E-state index contributed by atoms with van der Waals surface area (Å²) >= 11 is 0. The third kappa shape index (κ3) is 0.888. The van der Waals surface area contributed by atoms with Crippen molar-refractivity contribution in [2.45, 2.75) is 6.92 Å². The van der Waals surface area contributed by atoms with Gasteiger partial charge in [0, 0.05) is 18.6 Å². The number of rotatable bonds is 0. The highest BCUT2D eigenvalue weighted by molar-refractivity contribution is 5.75. The van der Waals surface area contributed by atoms with Crippen LogP contribution in [0.3, 0.4) is 0 Å². The topological polar surface area (TPSA) is 30.7 Å². The van der Waals surface area contributed by atoms with Crippen LogP contribution in [0.25, 0.3) is 11.0 Å². The molecule has 0 radical (unpaired) electrons. The van der Waals surface area contributed by atoms with Gasteiger partial charge in [0.25, 0.3) is 0 Å². The van der Waals surface area contributed by atoms with E-state index in [9.17, 15) is 0 Å². The van der Waals surface area contributed by atoms with Crippen LogP contribution in [-0.4, -0.2) is 14.8 Å². The number of aromatic nitrogens is 3. The second kappa shape index (κ2) is 2.05. The van der Waals surface area contributed by atoms with E-state index < -0.39 is 0 Å². The van der Waals surface area contributed by atoms with Gasteiger partial charge in [0.05, 0.1) is 5.69 Å². The molecule has 0 spiro atoms. The number of hydrogen-bond acceptors (Lipinski definition) is 2. The highest BCUT2D eigenvalue weighted by Crippen LogP contribution is 2.10. The Kier molecular flexibility index (Phi) is 1.18. The molecule has 0 aromatic carbocycles. The van der Waals surface area contributed by atoms with Crippen molar-refractivity contribution in [3.8, 4) is 0 Å². The van der Waals surface area contributed by atoms with Crippen LogP contribution in [0.5, 0.6) is 0 Å². The van der Waals surface area contributed by atoms with Crippen LogP contribution in [0.1, 0.15) is 5.69 Å². The molecule has 0 saturated carbocycles. The quantitative estimate of drug-likeness (QED) is 0.562. The summed E-state index contributed by atoms with van der Waals surface area (Å²) in [6.07, 6.45) is 1.98. The SMILES string of the molecule is Cc1cc2ccn(C)c2nn1. The summed E-state index contributed by atoms with van der Waals surface area (Å²) in [5, 5.41) is 9.18. The Balaban J connectivity index is 2.86. The normalized spacial score (nSPS) is 10.7. The molecule has 0 N–H and O–H groups in total. The van der Waals surface area contributed by atoms with E-state index in [0.29, 0.717) is 0 Å². The fourth-order valence-corrected chi connectivity index (χ4v) is 1.16. The molecule has 0 unspecified atom stereocenters. The zero-order chi connectivity index (χ0) is 7.84. The van der Waals surface area contributed by atoms with Gasteiger partial charge in [-0.2, -0.15) is 5.10 Å². The molecule has 0 fully saturated rings. The lowest BCUT2D eigenvalue weighted by atomic mass is 10.3. The smallest absolute Gasteiger partial charge is 0.162 e. The first-order chi connectivity index (χ1) is 5.27. The Labute approximate surface area is 64.7 Å². The second-order valence-corrected chi connectivity index (χ2v) is 2.69. The van der Waals surface area contributed by atoms with Crippen LogP contribution in [0.2, 0.25) is 0 Å². The first-order valence-corrected chi connectivity index (χ1v) is 3.53. The Morgan fingerprint density at radius 3 is 3.00 bits per heavy atom. The lowest BCUT2D eigenvalue weighted by Crippen LogP contribution is -1.91. The van der Waals surface area contributed by atoms with E-state index in [2.05, 4.69) is 10.2 Å². The van der Waals surface area contributed by atoms with Crippen LogP contribution in [0.15, 0.2) is 18.3 Å². The summed E-state index contributed by atoms with van der Waals surface area (Å²) < 4.78 is 1.96. The Hall–Kier alpha value is -1.38. The van der Waals surface area contributed by atoms with Gasteiger partial charge in [-0.05, 0) is 19.1 Å². The van der Waals surface area contributed by atoms with E-state index in [4.69, 9.17) is 0 Å². The van der Waals surface area contributed by atoms with E-state index in [1.165, 1.54) is 0 Å². The molecule has 0 amide bonds. The highest BCUT2D eigenvalue weighted by atomic mass is 15.2. The van der Waals surface area contributed by atoms with Gasteiger partial charge in [0.2, 0.25) is 0 Å². The molecule has 2 heterocycles. The van der Waals surface area contributed by atoms with E-state index >= 15 is 0 Å². The molecule has 0 aliphatic heterocycles. The van der Waals surface area contributed by atoms with Gasteiger partial charge in [0.1, 0.15) is 0 Å². The summed E-state index contributed by atoms with van der Waals surface area (Å²) in [6, 6.07) is 4.07. The number of aryl methyl sites for hydroxylation is 2. The van der Waals surface area contributed by atoms with E-state index in [1.54, 1.807) is 0 Å². The van der Waals surface area contributed by atoms with Crippen LogP contribution in [0, 0.1) is 6.92 Å². The summed E-state index contributed by atoms with van der Waals surface area (Å²) in [6.45, 7) is 1.94. The minimum absolute atomic E-state index is 0.940. The second-order valence-electron chi connectivity index (χ2n) is 2.69. The van der Waals surface area contributed by atoms with Crippen molar-refractivity contribution in [3.63, 3.8) is 0 Å². The number of fused-ring (bicyclic) bond motifs is 1. The average molecular weight is 147 g/mol. The van der Waals surface area contributed by atoms with Crippen molar-refractivity contribution in [3.05, 3.63) is 24.0 Å². The molecule has 0 aliphatic carbocycles. The summed E-state index contributed by atoms with van der Waals surface area (Å²) in [5.74, 6) is 0. The molecule has 0 atom stereocenters. The predicted molar refractivity (Wildman–Crippen MR) is 43.2 cm³/mol. The summed E-state index contributed by atoms with van der Waals surface area (Å²) in [4.78, 5) is 0. The Morgan fingerprint density at radius 1 is 1.36 bits per heavy atom. The molecular weight excluding hydrogens is 138 g/mol. The van der Waals surface area contributed by atoms with E-state index in [-0.39, 0.29) is 0 Å². The van der Waals surface area contributed by atoms with Gasteiger partial charge in [-0.15, -0.1) is 5.10 Å². The van der Waals surface area contributed by atoms with Crippen LogP contribution in [-0.2, 0) is 7.05 Å². The zero-order valence-corrected chi connectivity index (χ0v) is 6.57. The first kappa shape index (κ1) is 6.34. The molecule has 56 valence electrons. The third-order valence-electron chi connectivity index (χ3n) is 1.74. The molecule has 0 aliphatic rings. The minimum Gasteiger partial charge on any atom is -0.334 e. The molecule has 3 nitrogen and oxygen atoms in total. The van der Waals surface area contributed by atoms with E-state index in [0.717, 1.165) is 16.7 Å². The van der Waals surface area contributed by atoms with Gasteiger partial charge in [-0.3, -0.25) is 0 Å². The number of hydrogen-bond donors (Lipinski definition) is 0. The molecule has 11 heavy (non-hydrogen) atoms. The standard InChI is InChI=1S/C8H9N3/c1-6-5-7-3-4-11(2)8(7)10-9-6/h3-5H,1-2H3. The lowest BCUT2D eigenvalue weighted by Gasteiger charge is -1.93. The van der Waals surface area contributed by atoms with Crippen molar-refractivity contribution in [2.24, 2.45) is 7.05 Å². The third-order valence-corrected chi connectivity index (χ3v) is 1.74. The van der Waals surface area contributed by atoms with Gasteiger partial charge < -0.3 is 4.57 Å². The lowest BCUT2D eigenvalue weighted by molar-refractivity contribution is 0.906. The fraction of sp³-hybridized carbons (Fsp3) is 0.250. The molecule has 2 rings (SSSR count). The molecule has 2 aromatic heterocycles. The molecule has 2 aromatic rings. The Bertz CT molecular complexity index is 389. The average Bonchev–Trinajstić information content (AvgIpc) is 2.32. The van der Waals surface area contributed by atoms with Gasteiger partial charge in [-0.1, -0.05) is 0 Å². The van der Waals surface area contributed by atoms with Gasteiger partial charge >= 0.3 is 0 Å². The van der Waals surface area contributed by atoms with Crippen molar-refractivity contribution in [1.29, 1.82) is 0 Å². The largest absolute Gasteiger partial charge is 0.334 e. The maximum absolute atomic E-state index is 4.05. The minimum atomic E-state index is 0.940. The van der Waals surface area contributed by atoms with Gasteiger partial charge in [-0.25, -0.2) is 0 Å². The van der Waals surface area contributed by atoms with E-state index in [1.807, 2.05) is 36.9 Å². The Morgan fingerprint density at radius 2 is 2.18 bits per heavy atom. The van der Waals surface area contributed by atoms with Crippen LogP contribution in [0.4, 0.5) is 0 Å². The maximum Gasteiger partial charge on any atom is 0.162 e.